The van der Waals surface area contributed by atoms with Gasteiger partial charge in [-0.25, -0.2) is 0 Å². The molecule has 21 heavy (non-hydrogen) atoms. The fourth-order valence-corrected chi connectivity index (χ4v) is 3.69. The lowest BCUT2D eigenvalue weighted by molar-refractivity contribution is -0.151. The highest BCUT2D eigenvalue weighted by atomic mass is 16.5. The van der Waals surface area contributed by atoms with Crippen LogP contribution in [0.3, 0.4) is 0 Å². The van der Waals surface area contributed by atoms with Crippen molar-refractivity contribution in [2.45, 2.75) is 76.9 Å². The van der Waals surface area contributed by atoms with Gasteiger partial charge in [0, 0.05) is 18.6 Å². The minimum absolute atomic E-state index is 0.0664. The lowest BCUT2D eigenvalue weighted by Gasteiger charge is -2.44. The van der Waals surface area contributed by atoms with E-state index in [0.29, 0.717) is 12.1 Å². The molecule has 0 aromatic carbocycles. The molecule has 1 N–H and O–H groups in total. The van der Waals surface area contributed by atoms with E-state index in [1.54, 1.807) is 0 Å². The first-order valence-electron chi connectivity index (χ1n) is 8.32. The van der Waals surface area contributed by atoms with Crippen LogP contribution in [-0.2, 0) is 9.53 Å². The van der Waals surface area contributed by atoms with E-state index in [0.717, 1.165) is 25.8 Å². The van der Waals surface area contributed by atoms with Gasteiger partial charge in [-0.15, -0.1) is 0 Å². The Morgan fingerprint density at radius 2 is 2.00 bits per heavy atom. The van der Waals surface area contributed by atoms with Gasteiger partial charge in [0.05, 0.1) is 7.11 Å². The van der Waals surface area contributed by atoms with Crippen LogP contribution in [0, 0.1) is 5.41 Å². The SMILES string of the molecule is COC(=O)C1(NC2CC2)CCCC(N(C)CC(C)(C)C)C1. The molecular weight excluding hydrogens is 264 g/mol. The number of nitrogens with zero attached hydrogens (tertiary/aromatic N) is 1. The monoisotopic (exact) mass is 296 g/mol. The highest BCUT2D eigenvalue weighted by Crippen LogP contribution is 2.36. The van der Waals surface area contributed by atoms with E-state index in [9.17, 15) is 4.79 Å². The molecule has 0 amide bonds. The van der Waals surface area contributed by atoms with Gasteiger partial charge in [-0.05, 0) is 51.0 Å². The van der Waals surface area contributed by atoms with Gasteiger partial charge in [-0.2, -0.15) is 0 Å². The molecule has 2 atom stereocenters. The molecule has 2 aliphatic carbocycles. The molecule has 0 spiro atoms. The van der Waals surface area contributed by atoms with E-state index in [-0.39, 0.29) is 11.4 Å². The van der Waals surface area contributed by atoms with Crippen LogP contribution in [0.1, 0.15) is 59.3 Å². The first-order chi connectivity index (χ1) is 9.76. The summed E-state index contributed by atoms with van der Waals surface area (Å²) >= 11 is 0. The van der Waals surface area contributed by atoms with Crippen LogP contribution in [0.5, 0.6) is 0 Å². The molecule has 122 valence electrons. The van der Waals surface area contributed by atoms with E-state index < -0.39 is 5.54 Å². The molecule has 0 bridgehead atoms. The van der Waals surface area contributed by atoms with E-state index >= 15 is 0 Å². The van der Waals surface area contributed by atoms with E-state index in [4.69, 9.17) is 4.74 Å². The van der Waals surface area contributed by atoms with Crippen LogP contribution in [0.4, 0.5) is 0 Å². The zero-order chi connectivity index (χ0) is 15.7. The Morgan fingerprint density at radius 1 is 1.33 bits per heavy atom. The van der Waals surface area contributed by atoms with Gasteiger partial charge < -0.3 is 9.64 Å². The Hall–Kier alpha value is -0.610. The molecule has 2 aliphatic rings. The summed E-state index contributed by atoms with van der Waals surface area (Å²) < 4.78 is 5.13. The van der Waals surface area contributed by atoms with Crippen LogP contribution in [0.2, 0.25) is 0 Å². The zero-order valence-corrected chi connectivity index (χ0v) is 14.4. The minimum Gasteiger partial charge on any atom is -0.468 e. The summed E-state index contributed by atoms with van der Waals surface area (Å²) in [7, 11) is 3.71. The molecule has 0 aromatic heterocycles. The maximum absolute atomic E-state index is 12.4. The number of rotatable bonds is 5. The number of carbonyl (C=O) groups is 1. The van der Waals surface area contributed by atoms with Crippen LogP contribution in [0.15, 0.2) is 0 Å². The summed E-state index contributed by atoms with van der Waals surface area (Å²) in [6.45, 7) is 7.85. The summed E-state index contributed by atoms with van der Waals surface area (Å²) in [4.78, 5) is 14.8. The van der Waals surface area contributed by atoms with E-state index in [2.05, 4.69) is 38.0 Å². The molecule has 0 saturated heterocycles. The standard InChI is InChI=1S/C17H32N2O2/c1-16(2,3)12-19(4)14-7-6-10-17(11-14,15(20)21-5)18-13-8-9-13/h13-14,18H,6-12H2,1-5H3. The second kappa shape index (κ2) is 6.25. The van der Waals surface area contributed by atoms with Crippen molar-refractivity contribution < 1.29 is 9.53 Å². The van der Waals surface area contributed by atoms with Crippen LogP contribution < -0.4 is 5.32 Å². The third-order valence-corrected chi connectivity index (χ3v) is 4.71. The normalized spacial score (nSPS) is 30.5. The van der Waals surface area contributed by atoms with Crippen molar-refractivity contribution in [2.75, 3.05) is 20.7 Å². The molecule has 2 fully saturated rings. The first-order valence-corrected chi connectivity index (χ1v) is 8.32. The van der Waals surface area contributed by atoms with Crippen LogP contribution in [0.25, 0.3) is 0 Å². The lowest BCUT2D eigenvalue weighted by atomic mass is 9.77. The maximum atomic E-state index is 12.4. The molecule has 2 saturated carbocycles. The Bertz CT molecular complexity index is 373. The van der Waals surface area contributed by atoms with Gasteiger partial charge in [-0.1, -0.05) is 20.8 Å². The Labute approximate surface area is 129 Å². The van der Waals surface area contributed by atoms with Crippen molar-refractivity contribution in [1.82, 2.24) is 10.2 Å². The van der Waals surface area contributed by atoms with Crippen LogP contribution in [-0.4, -0.2) is 49.2 Å². The number of carbonyl (C=O) groups excluding carboxylic acids is 1. The average molecular weight is 296 g/mol. The lowest BCUT2D eigenvalue weighted by Crippen LogP contribution is -2.59. The van der Waals surface area contributed by atoms with E-state index in [1.165, 1.54) is 26.4 Å². The first kappa shape index (κ1) is 16.8. The average Bonchev–Trinajstić information content (AvgIpc) is 3.19. The van der Waals surface area contributed by atoms with Crippen molar-refractivity contribution in [1.29, 1.82) is 0 Å². The van der Waals surface area contributed by atoms with Crippen molar-refractivity contribution >= 4 is 5.97 Å². The summed E-state index contributed by atoms with van der Waals surface area (Å²) in [6.07, 6.45) is 6.45. The smallest absolute Gasteiger partial charge is 0.326 e. The molecule has 0 heterocycles. The number of ether oxygens (including phenoxy) is 1. The Kier molecular flexibility index (Phi) is 4.99. The van der Waals surface area contributed by atoms with Crippen molar-refractivity contribution in [2.24, 2.45) is 5.41 Å². The van der Waals surface area contributed by atoms with Gasteiger partial charge in [0.2, 0.25) is 0 Å². The second-order valence-electron chi connectivity index (χ2n) is 8.22. The number of esters is 1. The van der Waals surface area contributed by atoms with Crippen LogP contribution >= 0.6 is 0 Å². The molecule has 2 rings (SSSR count). The summed E-state index contributed by atoms with van der Waals surface area (Å²) in [5, 5.41) is 3.60. The molecule has 0 aliphatic heterocycles. The summed E-state index contributed by atoms with van der Waals surface area (Å²) in [5.74, 6) is -0.0664. The predicted octanol–water partition coefficient (Wildman–Crippen LogP) is 2.57. The van der Waals surface area contributed by atoms with E-state index in [1.807, 2.05) is 0 Å². The molecular formula is C17H32N2O2. The topological polar surface area (TPSA) is 41.6 Å². The number of nitrogens with one attached hydrogen (secondary N) is 1. The second-order valence-corrected chi connectivity index (χ2v) is 8.22. The summed E-state index contributed by atoms with van der Waals surface area (Å²) in [5.41, 5.74) is -0.172. The largest absolute Gasteiger partial charge is 0.468 e. The van der Waals surface area contributed by atoms with Gasteiger partial charge >= 0.3 is 5.97 Å². The maximum Gasteiger partial charge on any atom is 0.326 e. The Balaban J connectivity index is 2.06. The highest BCUT2D eigenvalue weighted by molar-refractivity contribution is 5.81. The number of methoxy groups -OCH3 is 1. The fourth-order valence-electron chi connectivity index (χ4n) is 3.69. The molecule has 0 radical (unpaired) electrons. The van der Waals surface area contributed by atoms with Crippen molar-refractivity contribution in [3.8, 4) is 0 Å². The molecule has 4 heteroatoms. The molecule has 4 nitrogen and oxygen atoms in total. The third kappa shape index (κ3) is 4.43. The number of hydrogen-bond donors (Lipinski definition) is 1. The molecule has 0 aromatic rings. The van der Waals surface area contributed by atoms with Gasteiger partial charge in [-0.3, -0.25) is 10.1 Å². The van der Waals surface area contributed by atoms with Crippen molar-refractivity contribution in [3.05, 3.63) is 0 Å². The zero-order valence-electron chi connectivity index (χ0n) is 14.4. The van der Waals surface area contributed by atoms with Gasteiger partial charge in [0.1, 0.15) is 5.54 Å². The fraction of sp³-hybridized carbons (Fsp3) is 0.941. The van der Waals surface area contributed by atoms with Crippen molar-refractivity contribution in [3.63, 3.8) is 0 Å². The minimum atomic E-state index is -0.453. The third-order valence-electron chi connectivity index (χ3n) is 4.71. The van der Waals surface area contributed by atoms with Gasteiger partial charge in [0.15, 0.2) is 0 Å². The highest BCUT2D eigenvalue weighted by Gasteiger charge is 2.47. The Morgan fingerprint density at radius 3 is 2.52 bits per heavy atom. The molecule has 2 unspecified atom stereocenters. The van der Waals surface area contributed by atoms with Gasteiger partial charge in [0.25, 0.3) is 0 Å². The summed E-state index contributed by atoms with van der Waals surface area (Å²) in [6, 6.07) is 0.985. The quantitative estimate of drug-likeness (QED) is 0.792. The predicted molar refractivity (Wildman–Crippen MR) is 85.2 cm³/mol. The number of hydrogen-bond acceptors (Lipinski definition) is 4.